The van der Waals surface area contributed by atoms with Gasteiger partial charge in [-0.3, -0.25) is 4.79 Å². The van der Waals surface area contributed by atoms with E-state index in [4.69, 9.17) is 0 Å². The van der Waals surface area contributed by atoms with Crippen molar-refractivity contribution in [1.82, 2.24) is 10.2 Å². The molecule has 122 valence electrons. The number of halogens is 2. The van der Waals surface area contributed by atoms with Gasteiger partial charge in [-0.2, -0.15) is 0 Å². The van der Waals surface area contributed by atoms with E-state index in [0.29, 0.717) is 6.54 Å². The van der Waals surface area contributed by atoms with Crippen molar-refractivity contribution in [1.29, 1.82) is 0 Å². The maximum absolute atomic E-state index is 12.2. The van der Waals surface area contributed by atoms with Crippen LogP contribution in [0.2, 0.25) is 0 Å². The number of benzene rings is 2. The number of carbonyl (C=O) groups is 1. The second-order valence-corrected chi connectivity index (χ2v) is 7.53. The zero-order valence-corrected chi connectivity index (χ0v) is 16.8. The summed E-state index contributed by atoms with van der Waals surface area (Å²) in [6, 6.07) is 16.2. The zero-order chi connectivity index (χ0) is 16.7. The Morgan fingerprint density at radius 3 is 2.70 bits per heavy atom. The predicted octanol–water partition coefficient (Wildman–Crippen LogP) is 4.31. The van der Waals surface area contributed by atoms with Crippen molar-refractivity contribution >= 4 is 44.4 Å². The third kappa shape index (κ3) is 6.24. The number of nitrogens with zero attached hydrogens (tertiary/aromatic N) is 1. The maximum atomic E-state index is 12.2. The van der Waals surface area contributed by atoms with Crippen LogP contribution in [-0.2, 0) is 6.54 Å². The van der Waals surface area contributed by atoms with Gasteiger partial charge in [-0.25, -0.2) is 0 Å². The van der Waals surface area contributed by atoms with Crippen molar-refractivity contribution in [3.05, 3.63) is 67.7 Å². The summed E-state index contributed by atoms with van der Waals surface area (Å²) >= 11 is 5.59. The average molecular weight is 487 g/mol. The molecule has 1 amide bonds. The Hall–Kier alpha value is -0.920. The molecule has 0 saturated carbocycles. The molecule has 0 atom stereocenters. The Labute approximate surface area is 159 Å². The van der Waals surface area contributed by atoms with Crippen LogP contribution in [0.15, 0.2) is 53.0 Å². The summed E-state index contributed by atoms with van der Waals surface area (Å²) in [5, 5.41) is 2.99. The van der Waals surface area contributed by atoms with E-state index < -0.39 is 0 Å². The van der Waals surface area contributed by atoms with E-state index in [1.54, 1.807) is 0 Å². The Kier molecular flexibility index (Phi) is 7.52. The lowest BCUT2D eigenvalue weighted by molar-refractivity contribution is 0.0951. The standard InChI is InChI=1S/C18H20BrIN2O/c1-22(13-14-6-3-2-4-7-14)11-5-10-21-18(23)16-12-15(19)8-9-17(16)20/h2-4,6-9,12H,5,10-11,13H2,1H3,(H,21,23). The molecule has 2 aromatic rings. The molecule has 0 aromatic heterocycles. The monoisotopic (exact) mass is 486 g/mol. The van der Waals surface area contributed by atoms with E-state index in [9.17, 15) is 4.79 Å². The lowest BCUT2D eigenvalue weighted by atomic mass is 10.2. The van der Waals surface area contributed by atoms with Crippen LogP contribution >= 0.6 is 38.5 Å². The number of hydrogen-bond donors (Lipinski definition) is 1. The normalized spacial score (nSPS) is 10.8. The molecule has 0 aliphatic carbocycles. The van der Waals surface area contributed by atoms with Crippen LogP contribution in [0.25, 0.3) is 0 Å². The highest BCUT2D eigenvalue weighted by atomic mass is 127. The smallest absolute Gasteiger partial charge is 0.252 e. The summed E-state index contributed by atoms with van der Waals surface area (Å²) in [6.07, 6.45) is 0.930. The van der Waals surface area contributed by atoms with Gasteiger partial charge in [-0.1, -0.05) is 46.3 Å². The van der Waals surface area contributed by atoms with Crippen molar-refractivity contribution in [2.24, 2.45) is 0 Å². The van der Waals surface area contributed by atoms with Gasteiger partial charge in [-0.15, -0.1) is 0 Å². The third-order valence-electron chi connectivity index (χ3n) is 3.47. The summed E-state index contributed by atoms with van der Waals surface area (Å²) in [4.78, 5) is 14.5. The lowest BCUT2D eigenvalue weighted by Gasteiger charge is -2.16. The summed E-state index contributed by atoms with van der Waals surface area (Å²) < 4.78 is 1.88. The van der Waals surface area contributed by atoms with Gasteiger partial charge in [0.05, 0.1) is 5.56 Å². The Morgan fingerprint density at radius 2 is 1.96 bits per heavy atom. The van der Waals surface area contributed by atoms with Crippen LogP contribution in [0.5, 0.6) is 0 Å². The van der Waals surface area contributed by atoms with E-state index in [1.807, 2.05) is 24.3 Å². The molecule has 0 unspecified atom stereocenters. The van der Waals surface area contributed by atoms with E-state index in [2.05, 4.69) is 80.1 Å². The number of rotatable bonds is 7. The first-order chi connectivity index (χ1) is 11.1. The van der Waals surface area contributed by atoms with Gasteiger partial charge in [-0.05, 0) is 66.4 Å². The highest BCUT2D eigenvalue weighted by Gasteiger charge is 2.10. The minimum Gasteiger partial charge on any atom is -0.352 e. The van der Waals surface area contributed by atoms with Gasteiger partial charge in [0.25, 0.3) is 5.91 Å². The molecule has 2 rings (SSSR count). The van der Waals surface area contributed by atoms with Crippen molar-refractivity contribution in [3.8, 4) is 0 Å². The Bertz CT molecular complexity index is 649. The predicted molar refractivity (Wildman–Crippen MR) is 107 cm³/mol. The molecule has 3 nitrogen and oxygen atoms in total. The zero-order valence-electron chi connectivity index (χ0n) is 13.1. The van der Waals surface area contributed by atoms with E-state index in [0.717, 1.165) is 33.1 Å². The Balaban J connectivity index is 1.72. The fourth-order valence-corrected chi connectivity index (χ4v) is 3.23. The van der Waals surface area contributed by atoms with Crippen molar-refractivity contribution in [2.45, 2.75) is 13.0 Å². The summed E-state index contributed by atoms with van der Waals surface area (Å²) in [5.74, 6) is -0.0126. The fraction of sp³-hybridized carbons (Fsp3) is 0.278. The van der Waals surface area contributed by atoms with Gasteiger partial charge >= 0.3 is 0 Å². The second-order valence-electron chi connectivity index (χ2n) is 5.46. The van der Waals surface area contributed by atoms with Gasteiger partial charge < -0.3 is 10.2 Å². The average Bonchev–Trinajstić information content (AvgIpc) is 2.54. The molecule has 2 aromatic carbocycles. The molecule has 23 heavy (non-hydrogen) atoms. The van der Waals surface area contributed by atoms with Crippen LogP contribution in [0.1, 0.15) is 22.3 Å². The third-order valence-corrected chi connectivity index (χ3v) is 4.90. The molecular formula is C18H20BrIN2O. The van der Waals surface area contributed by atoms with Crippen LogP contribution in [0.4, 0.5) is 0 Å². The molecule has 1 N–H and O–H groups in total. The molecule has 0 bridgehead atoms. The van der Waals surface area contributed by atoms with E-state index >= 15 is 0 Å². The van der Waals surface area contributed by atoms with Gasteiger partial charge in [0.15, 0.2) is 0 Å². The van der Waals surface area contributed by atoms with Crippen LogP contribution in [0.3, 0.4) is 0 Å². The van der Waals surface area contributed by atoms with Gasteiger partial charge in [0.2, 0.25) is 0 Å². The molecule has 0 saturated heterocycles. The summed E-state index contributed by atoms with van der Waals surface area (Å²) in [7, 11) is 2.10. The van der Waals surface area contributed by atoms with E-state index in [-0.39, 0.29) is 5.91 Å². The summed E-state index contributed by atoms with van der Waals surface area (Å²) in [5.41, 5.74) is 2.03. The Morgan fingerprint density at radius 1 is 1.22 bits per heavy atom. The topological polar surface area (TPSA) is 32.3 Å². The van der Waals surface area contributed by atoms with Crippen LogP contribution < -0.4 is 5.32 Å². The minimum atomic E-state index is -0.0126. The van der Waals surface area contributed by atoms with E-state index in [1.165, 1.54) is 5.56 Å². The second kappa shape index (κ2) is 9.39. The SMILES string of the molecule is CN(CCCNC(=O)c1cc(Br)ccc1I)Cc1ccccc1. The van der Waals surface area contributed by atoms with Crippen molar-refractivity contribution in [3.63, 3.8) is 0 Å². The number of nitrogens with one attached hydrogen (secondary N) is 1. The number of amides is 1. The molecule has 0 spiro atoms. The number of carbonyl (C=O) groups excluding carboxylic acids is 1. The molecule has 0 aliphatic rings. The molecule has 0 radical (unpaired) electrons. The van der Waals surface area contributed by atoms with Crippen molar-refractivity contribution < 1.29 is 4.79 Å². The first-order valence-corrected chi connectivity index (χ1v) is 9.39. The number of hydrogen-bond acceptors (Lipinski definition) is 2. The van der Waals surface area contributed by atoms with Gasteiger partial charge in [0, 0.05) is 21.1 Å². The molecule has 0 aliphatic heterocycles. The van der Waals surface area contributed by atoms with Crippen molar-refractivity contribution in [2.75, 3.05) is 20.1 Å². The summed E-state index contributed by atoms with van der Waals surface area (Å²) in [6.45, 7) is 2.56. The highest BCUT2D eigenvalue weighted by Crippen LogP contribution is 2.18. The molecular weight excluding hydrogens is 467 g/mol. The quantitative estimate of drug-likeness (QED) is 0.467. The van der Waals surface area contributed by atoms with Gasteiger partial charge in [0.1, 0.15) is 0 Å². The molecule has 5 heteroatoms. The largest absolute Gasteiger partial charge is 0.352 e. The maximum Gasteiger partial charge on any atom is 0.252 e. The minimum absolute atomic E-state index is 0.0126. The highest BCUT2D eigenvalue weighted by molar-refractivity contribution is 14.1. The fourth-order valence-electron chi connectivity index (χ4n) is 2.29. The molecule has 0 fully saturated rings. The van der Waals surface area contributed by atoms with Crippen LogP contribution in [0, 0.1) is 3.57 Å². The molecule has 0 heterocycles. The lowest BCUT2D eigenvalue weighted by Crippen LogP contribution is -2.28. The first kappa shape index (κ1) is 18.4. The first-order valence-electron chi connectivity index (χ1n) is 7.52. The van der Waals surface area contributed by atoms with Crippen LogP contribution in [-0.4, -0.2) is 30.9 Å².